The Morgan fingerprint density at radius 2 is 2.00 bits per heavy atom. The standard InChI is InChI=1S/C22H26N4O3S/c1-30(27,28)19-8-9-21-20(12-19)22(25-16-24-21)23-13-18-15-26(10-5-11-29-18)14-17-6-3-2-4-7-17/h2-4,6-9,12,16,18H,5,10-11,13-15H2,1H3,(H,23,24,25). The zero-order valence-corrected chi connectivity index (χ0v) is 17.8. The number of ether oxygens (including phenoxy) is 1. The number of hydrogen-bond donors (Lipinski definition) is 1. The number of fused-ring (bicyclic) bond motifs is 1. The molecule has 1 saturated heterocycles. The van der Waals surface area contributed by atoms with Crippen LogP contribution in [0.1, 0.15) is 12.0 Å². The van der Waals surface area contributed by atoms with Gasteiger partial charge in [0.05, 0.1) is 16.5 Å². The van der Waals surface area contributed by atoms with E-state index in [0.29, 0.717) is 23.3 Å². The van der Waals surface area contributed by atoms with Crippen molar-refractivity contribution in [3.8, 4) is 0 Å². The number of rotatable bonds is 6. The lowest BCUT2D eigenvalue weighted by Crippen LogP contribution is -2.35. The van der Waals surface area contributed by atoms with Crippen molar-refractivity contribution >= 4 is 26.6 Å². The van der Waals surface area contributed by atoms with Crippen molar-refractivity contribution in [3.63, 3.8) is 0 Å². The Kier molecular flexibility index (Phi) is 6.26. The Morgan fingerprint density at radius 3 is 2.80 bits per heavy atom. The predicted molar refractivity (Wildman–Crippen MR) is 117 cm³/mol. The lowest BCUT2D eigenvalue weighted by molar-refractivity contribution is 0.0625. The maximum absolute atomic E-state index is 11.9. The molecule has 0 aliphatic carbocycles. The molecule has 1 fully saturated rings. The minimum absolute atomic E-state index is 0.0133. The van der Waals surface area contributed by atoms with Crippen LogP contribution in [0.15, 0.2) is 59.8 Å². The number of aromatic nitrogens is 2. The third-order valence-corrected chi connectivity index (χ3v) is 6.33. The number of sulfone groups is 1. The van der Waals surface area contributed by atoms with E-state index in [2.05, 4.69) is 44.5 Å². The molecule has 0 saturated carbocycles. The van der Waals surface area contributed by atoms with E-state index in [1.54, 1.807) is 18.2 Å². The Labute approximate surface area is 177 Å². The molecule has 30 heavy (non-hydrogen) atoms. The van der Waals surface area contributed by atoms with Gasteiger partial charge in [0.1, 0.15) is 12.1 Å². The average Bonchev–Trinajstić information content (AvgIpc) is 2.97. The zero-order chi connectivity index (χ0) is 21.0. The quantitative estimate of drug-likeness (QED) is 0.649. The van der Waals surface area contributed by atoms with Crippen LogP contribution >= 0.6 is 0 Å². The topological polar surface area (TPSA) is 84.4 Å². The van der Waals surface area contributed by atoms with Crippen LogP contribution in [0.4, 0.5) is 5.82 Å². The number of hydrogen-bond acceptors (Lipinski definition) is 7. The van der Waals surface area contributed by atoms with Crippen molar-refractivity contribution in [3.05, 3.63) is 60.4 Å². The summed E-state index contributed by atoms with van der Waals surface area (Å²) in [4.78, 5) is 11.3. The van der Waals surface area contributed by atoms with Crippen LogP contribution < -0.4 is 5.32 Å². The normalized spacial score (nSPS) is 18.2. The van der Waals surface area contributed by atoms with Gasteiger partial charge in [-0.3, -0.25) is 4.90 Å². The highest BCUT2D eigenvalue weighted by molar-refractivity contribution is 7.90. The molecule has 4 rings (SSSR count). The largest absolute Gasteiger partial charge is 0.375 e. The highest BCUT2D eigenvalue weighted by Gasteiger charge is 2.19. The molecule has 7 nitrogen and oxygen atoms in total. The van der Waals surface area contributed by atoms with E-state index >= 15 is 0 Å². The fourth-order valence-electron chi connectivity index (χ4n) is 3.70. The third-order valence-electron chi connectivity index (χ3n) is 5.22. The van der Waals surface area contributed by atoms with Crippen LogP contribution in [0.25, 0.3) is 10.9 Å². The summed E-state index contributed by atoms with van der Waals surface area (Å²) in [5.74, 6) is 0.618. The van der Waals surface area contributed by atoms with E-state index in [1.165, 1.54) is 18.1 Å². The van der Waals surface area contributed by atoms with E-state index in [9.17, 15) is 8.42 Å². The Hall–Kier alpha value is -2.55. The van der Waals surface area contributed by atoms with E-state index in [0.717, 1.165) is 32.7 Å². The second kappa shape index (κ2) is 9.07. The molecule has 158 valence electrons. The summed E-state index contributed by atoms with van der Waals surface area (Å²) in [5.41, 5.74) is 1.99. The first-order chi connectivity index (χ1) is 14.5. The van der Waals surface area contributed by atoms with Gasteiger partial charge < -0.3 is 10.1 Å². The summed E-state index contributed by atoms with van der Waals surface area (Å²) in [6.45, 7) is 4.02. The summed E-state index contributed by atoms with van der Waals surface area (Å²) >= 11 is 0. The number of anilines is 1. The minimum atomic E-state index is -3.30. The Bertz CT molecular complexity index is 1110. The van der Waals surface area contributed by atoms with Crippen LogP contribution in [-0.4, -0.2) is 61.9 Å². The minimum Gasteiger partial charge on any atom is -0.375 e. The first kappa shape index (κ1) is 20.7. The highest BCUT2D eigenvalue weighted by Crippen LogP contribution is 2.23. The molecule has 0 spiro atoms. The first-order valence-electron chi connectivity index (χ1n) is 10.1. The summed E-state index contributed by atoms with van der Waals surface area (Å²) < 4.78 is 29.9. The molecule has 0 amide bonds. The van der Waals surface area contributed by atoms with Crippen LogP contribution in [0, 0.1) is 0 Å². The molecule has 2 heterocycles. The van der Waals surface area contributed by atoms with Gasteiger partial charge in [0.2, 0.25) is 0 Å². The summed E-state index contributed by atoms with van der Waals surface area (Å²) in [7, 11) is -3.30. The monoisotopic (exact) mass is 426 g/mol. The maximum Gasteiger partial charge on any atom is 0.175 e. The second-order valence-electron chi connectivity index (χ2n) is 7.62. The lowest BCUT2D eigenvalue weighted by Gasteiger charge is -2.24. The van der Waals surface area contributed by atoms with Crippen LogP contribution in [0.3, 0.4) is 0 Å². The van der Waals surface area contributed by atoms with Crippen molar-refractivity contribution in [2.45, 2.75) is 24.0 Å². The highest BCUT2D eigenvalue weighted by atomic mass is 32.2. The van der Waals surface area contributed by atoms with E-state index in [4.69, 9.17) is 4.74 Å². The molecule has 1 aromatic heterocycles. The smallest absolute Gasteiger partial charge is 0.175 e. The molecule has 3 aromatic rings. The van der Waals surface area contributed by atoms with Gasteiger partial charge in [-0.2, -0.15) is 0 Å². The van der Waals surface area contributed by atoms with Gasteiger partial charge in [-0.1, -0.05) is 30.3 Å². The SMILES string of the molecule is CS(=O)(=O)c1ccc2ncnc(NCC3CN(Cc4ccccc4)CCCO3)c2c1. The van der Waals surface area contributed by atoms with Gasteiger partial charge in [0.15, 0.2) is 9.84 Å². The molecule has 1 unspecified atom stereocenters. The van der Waals surface area contributed by atoms with Crippen LogP contribution in [-0.2, 0) is 21.1 Å². The van der Waals surface area contributed by atoms with Crippen LogP contribution in [0.2, 0.25) is 0 Å². The van der Waals surface area contributed by atoms with Gasteiger partial charge >= 0.3 is 0 Å². The van der Waals surface area contributed by atoms with Crippen molar-refractivity contribution in [1.82, 2.24) is 14.9 Å². The van der Waals surface area contributed by atoms with Crippen molar-refractivity contribution < 1.29 is 13.2 Å². The third kappa shape index (κ3) is 5.13. The molecule has 1 N–H and O–H groups in total. The molecule has 1 aliphatic heterocycles. The lowest BCUT2D eigenvalue weighted by atomic mass is 10.2. The molecule has 0 bridgehead atoms. The average molecular weight is 427 g/mol. The molecule has 1 atom stereocenters. The molecule has 8 heteroatoms. The van der Waals surface area contributed by atoms with Gasteiger partial charge in [-0.25, -0.2) is 18.4 Å². The molecule has 1 aliphatic rings. The molecular weight excluding hydrogens is 400 g/mol. The number of nitrogens with zero attached hydrogens (tertiary/aromatic N) is 3. The maximum atomic E-state index is 11.9. The van der Waals surface area contributed by atoms with Crippen molar-refractivity contribution in [2.75, 3.05) is 37.8 Å². The fourth-order valence-corrected chi connectivity index (χ4v) is 4.34. The Morgan fingerprint density at radius 1 is 1.17 bits per heavy atom. The van der Waals surface area contributed by atoms with Gasteiger partial charge in [0.25, 0.3) is 0 Å². The van der Waals surface area contributed by atoms with Crippen LogP contribution in [0.5, 0.6) is 0 Å². The molecule has 0 radical (unpaired) electrons. The summed E-state index contributed by atoms with van der Waals surface area (Å²) in [5, 5.41) is 4.04. The molecule has 2 aromatic carbocycles. The second-order valence-corrected chi connectivity index (χ2v) is 9.64. The van der Waals surface area contributed by atoms with Crippen molar-refractivity contribution in [2.24, 2.45) is 0 Å². The summed E-state index contributed by atoms with van der Waals surface area (Å²) in [6, 6.07) is 15.4. The first-order valence-corrected chi connectivity index (χ1v) is 11.9. The fraction of sp³-hybridized carbons (Fsp3) is 0.364. The van der Waals surface area contributed by atoms with E-state index in [1.807, 2.05) is 6.07 Å². The van der Waals surface area contributed by atoms with Gasteiger partial charge in [-0.05, 0) is 30.2 Å². The summed E-state index contributed by atoms with van der Waals surface area (Å²) in [6.07, 6.45) is 3.70. The van der Waals surface area contributed by atoms with Crippen molar-refractivity contribution in [1.29, 1.82) is 0 Å². The van der Waals surface area contributed by atoms with E-state index in [-0.39, 0.29) is 11.0 Å². The number of benzene rings is 2. The number of nitrogens with one attached hydrogen (secondary N) is 1. The van der Waals surface area contributed by atoms with Gasteiger partial charge in [0, 0.05) is 44.4 Å². The zero-order valence-electron chi connectivity index (χ0n) is 17.0. The van der Waals surface area contributed by atoms with E-state index < -0.39 is 9.84 Å². The Balaban J connectivity index is 1.47. The van der Waals surface area contributed by atoms with Gasteiger partial charge in [-0.15, -0.1) is 0 Å². The predicted octanol–water partition coefficient (Wildman–Crippen LogP) is 2.74. The molecular formula is C22H26N4O3S.